The van der Waals surface area contributed by atoms with Crippen LogP contribution < -0.4 is 4.74 Å². The first kappa shape index (κ1) is 26.3. The Morgan fingerprint density at radius 1 is 1.06 bits per heavy atom. The Kier molecular flexibility index (Phi) is 8.97. The minimum atomic E-state index is -1.11. The van der Waals surface area contributed by atoms with Crippen molar-refractivity contribution in [2.75, 3.05) is 0 Å². The van der Waals surface area contributed by atoms with Crippen LogP contribution in [0.15, 0.2) is 75.2 Å². The fraction of sp³-hybridized carbons (Fsp3) is 0.0417. The number of thioether (sulfide) groups is 1. The van der Waals surface area contributed by atoms with E-state index in [1.807, 2.05) is 36.4 Å². The predicted molar refractivity (Wildman–Crippen MR) is 154 cm³/mol. The highest BCUT2D eigenvalue weighted by Crippen LogP contribution is 2.34. The number of hydrogen-bond acceptors (Lipinski definition) is 6. The number of rotatable bonds is 8. The van der Waals surface area contributed by atoms with Crippen molar-refractivity contribution in [3.8, 4) is 17.2 Å². The number of carboxylic acid groups (broad SMARTS) is 1. The second-order valence-electron chi connectivity index (χ2n) is 6.99. The molecule has 0 saturated carbocycles. The standard InChI is InChI=1S/C24H14Cl2I2N2O4S/c25-16-7-5-14(6-8-16)22-29-30-24(34-22)35-20(23(31)32)11-13-9-18(27)21(19(28)10-13)33-12-15-3-1-2-4-17(15)26/h1-11H,12H2,(H,31,32)/b20-11-. The van der Waals surface area contributed by atoms with Crippen molar-refractivity contribution in [1.82, 2.24) is 10.2 Å². The minimum absolute atomic E-state index is 0.0349. The molecule has 4 aromatic rings. The van der Waals surface area contributed by atoms with Crippen molar-refractivity contribution in [2.24, 2.45) is 0 Å². The SMILES string of the molecule is O=C(O)/C(=C/c1cc(I)c(OCc2ccccc2Cl)c(I)c1)Sc1nnc(-c2ccc(Cl)cc2)o1. The van der Waals surface area contributed by atoms with Crippen molar-refractivity contribution < 1.29 is 19.1 Å². The maximum Gasteiger partial charge on any atom is 0.342 e. The number of nitrogens with zero attached hydrogens (tertiary/aromatic N) is 2. The van der Waals surface area contributed by atoms with E-state index in [0.717, 1.165) is 24.5 Å². The number of carboxylic acids is 1. The molecule has 0 radical (unpaired) electrons. The van der Waals surface area contributed by atoms with E-state index >= 15 is 0 Å². The number of benzene rings is 3. The van der Waals surface area contributed by atoms with Gasteiger partial charge in [0.05, 0.1) is 7.14 Å². The third kappa shape index (κ3) is 6.91. The van der Waals surface area contributed by atoms with Crippen LogP contribution in [-0.2, 0) is 11.4 Å². The molecule has 0 aliphatic heterocycles. The predicted octanol–water partition coefficient (Wildman–Crippen LogP) is 8.05. The van der Waals surface area contributed by atoms with Gasteiger partial charge in [-0.25, -0.2) is 4.79 Å². The second kappa shape index (κ2) is 12.0. The summed E-state index contributed by atoms with van der Waals surface area (Å²) in [5.41, 5.74) is 2.27. The number of ether oxygens (including phenoxy) is 1. The molecule has 0 spiro atoms. The zero-order valence-electron chi connectivity index (χ0n) is 17.5. The quantitative estimate of drug-likeness (QED) is 0.111. The Morgan fingerprint density at radius 2 is 1.74 bits per heavy atom. The average Bonchev–Trinajstić information content (AvgIpc) is 3.28. The largest absolute Gasteiger partial charge is 0.487 e. The molecule has 0 atom stereocenters. The van der Waals surface area contributed by atoms with E-state index in [0.29, 0.717) is 33.5 Å². The average molecular weight is 751 g/mol. The van der Waals surface area contributed by atoms with Gasteiger partial charge in [0.2, 0.25) is 5.89 Å². The molecule has 11 heteroatoms. The fourth-order valence-corrected chi connectivity index (χ4v) is 6.02. The Morgan fingerprint density at radius 3 is 2.40 bits per heavy atom. The molecular weight excluding hydrogens is 737 g/mol. The molecule has 3 aromatic carbocycles. The molecule has 0 saturated heterocycles. The number of aliphatic carboxylic acids is 1. The Labute approximate surface area is 242 Å². The maximum absolute atomic E-state index is 11.9. The van der Waals surface area contributed by atoms with Crippen LogP contribution in [0.25, 0.3) is 17.5 Å². The van der Waals surface area contributed by atoms with Crippen molar-refractivity contribution in [2.45, 2.75) is 11.8 Å². The molecule has 0 aliphatic rings. The minimum Gasteiger partial charge on any atom is -0.487 e. The summed E-state index contributed by atoms with van der Waals surface area (Å²) >= 11 is 17.3. The highest BCUT2D eigenvalue weighted by molar-refractivity contribution is 14.1. The molecular formula is C24H14Cl2I2N2O4S. The van der Waals surface area contributed by atoms with Gasteiger partial charge in [0.1, 0.15) is 17.3 Å². The normalized spacial score (nSPS) is 11.5. The van der Waals surface area contributed by atoms with Gasteiger partial charge in [-0.15, -0.1) is 10.2 Å². The molecule has 0 bridgehead atoms. The van der Waals surface area contributed by atoms with Crippen LogP contribution in [0.1, 0.15) is 11.1 Å². The maximum atomic E-state index is 11.9. The highest BCUT2D eigenvalue weighted by Gasteiger charge is 2.17. The van der Waals surface area contributed by atoms with Gasteiger partial charge < -0.3 is 14.3 Å². The van der Waals surface area contributed by atoms with Crippen LogP contribution in [0.4, 0.5) is 0 Å². The van der Waals surface area contributed by atoms with Crippen LogP contribution in [-0.4, -0.2) is 21.3 Å². The monoisotopic (exact) mass is 750 g/mol. The van der Waals surface area contributed by atoms with Gasteiger partial charge in [-0.3, -0.25) is 0 Å². The Bertz CT molecular complexity index is 1390. The van der Waals surface area contributed by atoms with Gasteiger partial charge in [-0.05, 0) is 111 Å². The van der Waals surface area contributed by atoms with Gasteiger partial charge in [-0.1, -0.05) is 41.4 Å². The summed E-state index contributed by atoms with van der Waals surface area (Å²) in [5, 5.41) is 19.1. The third-order valence-corrected chi connectivity index (χ3v) is 7.63. The van der Waals surface area contributed by atoms with E-state index in [1.54, 1.807) is 30.3 Å². The lowest BCUT2D eigenvalue weighted by Crippen LogP contribution is -2.01. The van der Waals surface area contributed by atoms with E-state index in [-0.39, 0.29) is 16.0 Å². The fourth-order valence-electron chi connectivity index (χ4n) is 2.91. The molecule has 4 rings (SSSR count). The van der Waals surface area contributed by atoms with E-state index in [9.17, 15) is 9.90 Å². The summed E-state index contributed by atoms with van der Waals surface area (Å²) in [4.78, 5) is 12.0. The Hall–Kier alpha value is -1.80. The summed E-state index contributed by atoms with van der Waals surface area (Å²) in [6.07, 6.45) is 1.56. The summed E-state index contributed by atoms with van der Waals surface area (Å²) in [6.45, 7) is 0.324. The molecule has 35 heavy (non-hydrogen) atoms. The van der Waals surface area contributed by atoms with Crippen LogP contribution in [0.2, 0.25) is 10.0 Å². The Balaban J connectivity index is 1.53. The van der Waals surface area contributed by atoms with E-state index in [2.05, 4.69) is 55.4 Å². The molecule has 0 amide bonds. The molecule has 1 aromatic heterocycles. The third-order valence-electron chi connectivity index (χ3n) is 4.55. The van der Waals surface area contributed by atoms with E-state index in [4.69, 9.17) is 32.4 Å². The van der Waals surface area contributed by atoms with Gasteiger partial charge in [-0.2, -0.15) is 0 Å². The first-order valence-corrected chi connectivity index (χ1v) is 13.6. The van der Waals surface area contributed by atoms with Crippen molar-refractivity contribution >= 4 is 92.2 Å². The van der Waals surface area contributed by atoms with Gasteiger partial charge in [0.15, 0.2) is 0 Å². The molecule has 6 nitrogen and oxygen atoms in total. The van der Waals surface area contributed by atoms with Crippen LogP contribution >= 0.6 is 80.1 Å². The topological polar surface area (TPSA) is 85.5 Å². The smallest absolute Gasteiger partial charge is 0.342 e. The number of hydrogen-bond donors (Lipinski definition) is 1. The number of carbonyl (C=O) groups is 1. The second-order valence-corrected chi connectivity index (χ2v) is 11.2. The summed E-state index contributed by atoms with van der Waals surface area (Å²) in [6, 6.07) is 18.1. The zero-order valence-corrected chi connectivity index (χ0v) is 24.2. The van der Waals surface area contributed by atoms with Crippen LogP contribution in [0, 0.1) is 7.14 Å². The zero-order chi connectivity index (χ0) is 24.9. The van der Waals surface area contributed by atoms with E-state index in [1.165, 1.54) is 0 Å². The van der Waals surface area contributed by atoms with Gasteiger partial charge >= 0.3 is 5.97 Å². The summed E-state index contributed by atoms with van der Waals surface area (Å²) in [7, 11) is 0. The van der Waals surface area contributed by atoms with Crippen molar-refractivity contribution in [1.29, 1.82) is 0 Å². The lowest BCUT2D eigenvalue weighted by atomic mass is 10.2. The van der Waals surface area contributed by atoms with Crippen LogP contribution in [0.3, 0.4) is 0 Å². The van der Waals surface area contributed by atoms with Crippen molar-refractivity contribution in [3.63, 3.8) is 0 Å². The van der Waals surface area contributed by atoms with Crippen LogP contribution in [0.5, 0.6) is 5.75 Å². The first-order chi connectivity index (χ1) is 16.8. The number of aromatic nitrogens is 2. The molecule has 0 unspecified atom stereocenters. The van der Waals surface area contributed by atoms with Gasteiger partial charge in [0.25, 0.3) is 5.22 Å². The number of halogens is 4. The lowest BCUT2D eigenvalue weighted by Gasteiger charge is -2.12. The lowest BCUT2D eigenvalue weighted by molar-refractivity contribution is -0.131. The molecule has 0 fully saturated rings. The highest BCUT2D eigenvalue weighted by atomic mass is 127. The molecule has 1 N–H and O–H groups in total. The molecule has 178 valence electrons. The first-order valence-electron chi connectivity index (χ1n) is 9.87. The van der Waals surface area contributed by atoms with Crippen molar-refractivity contribution in [3.05, 3.63) is 93.9 Å². The molecule has 1 heterocycles. The summed E-state index contributed by atoms with van der Waals surface area (Å²) in [5.74, 6) is -0.124. The summed E-state index contributed by atoms with van der Waals surface area (Å²) < 4.78 is 13.3. The van der Waals surface area contributed by atoms with Gasteiger partial charge in [0, 0.05) is 21.2 Å². The van der Waals surface area contributed by atoms with E-state index < -0.39 is 5.97 Å². The molecule has 0 aliphatic carbocycles.